The van der Waals surface area contributed by atoms with Gasteiger partial charge in [0.05, 0.1) is 4.88 Å². The Morgan fingerprint density at radius 2 is 1.72 bits per heavy atom. The number of hydrogen-bond donors (Lipinski definition) is 0. The second-order valence-electron chi connectivity index (χ2n) is 7.71. The van der Waals surface area contributed by atoms with Crippen LogP contribution in [0.4, 0.5) is 8.78 Å². The highest BCUT2D eigenvalue weighted by atomic mass is 32.1. The largest absolute Gasteiger partial charge is 0.345 e. The molecule has 0 aliphatic carbocycles. The Balaban J connectivity index is 0.000000284. The lowest BCUT2D eigenvalue weighted by atomic mass is 9.81. The van der Waals surface area contributed by atoms with Gasteiger partial charge in [-0.3, -0.25) is 9.48 Å². The van der Waals surface area contributed by atoms with Crippen LogP contribution in [0.1, 0.15) is 52.1 Å². The summed E-state index contributed by atoms with van der Waals surface area (Å²) in [4.78, 5) is 14.4. The minimum Gasteiger partial charge on any atom is -0.345 e. The fourth-order valence-electron chi connectivity index (χ4n) is 3.36. The zero-order valence-corrected chi connectivity index (χ0v) is 19.7. The van der Waals surface area contributed by atoms with Crippen LogP contribution < -0.4 is 0 Å². The standard InChI is InChI=1S/C11H12F2N2S.C9H17NO.C2H6/c1-7-4-5-9(16-7)8-6-10(11(2,12)13)15(3)14-8;1-7-4-10(6-11)5-8(2)9(7)3;1-2/h4-6H,1-3H3;6-9H,4-5H2,1-3H3;1-2H3. The van der Waals surface area contributed by atoms with E-state index >= 15 is 0 Å². The lowest BCUT2D eigenvalue weighted by Crippen LogP contribution is -2.42. The number of alkyl halides is 2. The van der Waals surface area contributed by atoms with Crippen LogP contribution in [0.2, 0.25) is 0 Å². The van der Waals surface area contributed by atoms with E-state index in [0.29, 0.717) is 17.5 Å². The molecule has 2 unspecified atom stereocenters. The van der Waals surface area contributed by atoms with Gasteiger partial charge in [0.25, 0.3) is 5.92 Å². The van der Waals surface area contributed by atoms with Crippen LogP contribution >= 0.6 is 11.3 Å². The first-order chi connectivity index (χ1) is 13.5. The Morgan fingerprint density at radius 3 is 2.10 bits per heavy atom. The maximum Gasteiger partial charge on any atom is 0.286 e. The second kappa shape index (κ2) is 10.9. The maximum atomic E-state index is 13.2. The van der Waals surface area contributed by atoms with E-state index in [1.165, 1.54) is 17.8 Å². The third-order valence-electron chi connectivity index (χ3n) is 5.31. The van der Waals surface area contributed by atoms with E-state index in [1.807, 2.05) is 37.8 Å². The molecule has 0 saturated carbocycles. The molecule has 0 spiro atoms. The molecular weight excluding hydrogens is 392 g/mol. The van der Waals surface area contributed by atoms with Gasteiger partial charge in [0, 0.05) is 31.9 Å². The summed E-state index contributed by atoms with van der Waals surface area (Å²) in [6.07, 6.45) is 0.971. The minimum atomic E-state index is -2.85. The Hall–Kier alpha value is -1.76. The van der Waals surface area contributed by atoms with E-state index in [4.69, 9.17) is 0 Å². The summed E-state index contributed by atoms with van der Waals surface area (Å²) >= 11 is 1.55. The van der Waals surface area contributed by atoms with Crippen LogP contribution in [-0.4, -0.2) is 34.2 Å². The van der Waals surface area contributed by atoms with Crippen molar-refractivity contribution in [3.8, 4) is 10.6 Å². The molecule has 0 aromatic carbocycles. The molecule has 7 heteroatoms. The summed E-state index contributed by atoms with van der Waals surface area (Å²) in [5.41, 5.74) is 0.547. The fraction of sp³-hybridized carbons (Fsp3) is 0.636. The molecule has 2 atom stereocenters. The molecule has 1 fully saturated rings. The molecule has 2 aromatic rings. The number of hydrogen-bond acceptors (Lipinski definition) is 3. The molecule has 3 heterocycles. The number of carbonyl (C=O) groups excluding carboxylic acids is 1. The maximum absolute atomic E-state index is 13.2. The first-order valence-electron chi connectivity index (χ1n) is 10.2. The second-order valence-corrected chi connectivity index (χ2v) is 9.00. The molecule has 29 heavy (non-hydrogen) atoms. The third kappa shape index (κ3) is 6.91. The molecule has 164 valence electrons. The first-order valence-corrected chi connectivity index (χ1v) is 11.0. The number of likely N-dealkylation sites (tertiary alicyclic amines) is 1. The molecule has 0 radical (unpaired) electrons. The smallest absolute Gasteiger partial charge is 0.286 e. The molecule has 1 amide bonds. The van der Waals surface area contributed by atoms with E-state index in [0.717, 1.165) is 42.1 Å². The molecule has 0 bridgehead atoms. The highest BCUT2D eigenvalue weighted by Crippen LogP contribution is 2.32. The van der Waals surface area contributed by atoms with Crippen molar-refractivity contribution in [3.63, 3.8) is 0 Å². The summed E-state index contributed by atoms with van der Waals surface area (Å²) in [5, 5.41) is 4.11. The topological polar surface area (TPSA) is 38.1 Å². The van der Waals surface area contributed by atoms with E-state index in [1.54, 1.807) is 11.3 Å². The molecule has 1 aliphatic rings. The van der Waals surface area contributed by atoms with E-state index in [2.05, 4.69) is 25.9 Å². The summed E-state index contributed by atoms with van der Waals surface area (Å²) in [6.45, 7) is 15.5. The van der Waals surface area contributed by atoms with Crippen molar-refractivity contribution < 1.29 is 13.6 Å². The molecule has 1 saturated heterocycles. The van der Waals surface area contributed by atoms with Crippen LogP contribution in [0.25, 0.3) is 10.6 Å². The van der Waals surface area contributed by atoms with E-state index < -0.39 is 5.92 Å². The molecule has 2 aromatic heterocycles. The van der Waals surface area contributed by atoms with Gasteiger partial charge in [-0.2, -0.15) is 13.9 Å². The van der Waals surface area contributed by atoms with Crippen molar-refractivity contribution in [3.05, 3.63) is 28.8 Å². The van der Waals surface area contributed by atoms with E-state index in [9.17, 15) is 13.6 Å². The average Bonchev–Trinajstić information content (AvgIpc) is 3.27. The van der Waals surface area contributed by atoms with E-state index in [-0.39, 0.29) is 5.69 Å². The fourth-order valence-corrected chi connectivity index (χ4v) is 4.19. The number of halogens is 2. The zero-order chi connectivity index (χ0) is 22.4. The molecule has 3 rings (SSSR count). The van der Waals surface area contributed by atoms with Crippen molar-refractivity contribution in [2.24, 2.45) is 24.8 Å². The van der Waals surface area contributed by atoms with Crippen molar-refractivity contribution in [2.45, 2.75) is 54.4 Å². The van der Waals surface area contributed by atoms with Crippen LogP contribution in [-0.2, 0) is 17.8 Å². The number of amides is 1. The number of aryl methyl sites for hydroxylation is 2. The third-order valence-corrected chi connectivity index (χ3v) is 6.33. The SMILES string of the molecule is CC.CC1CN(C=O)CC(C)C1C.Cc1ccc(-c2cc(C(C)(F)F)n(C)n2)s1. The summed E-state index contributed by atoms with van der Waals surface area (Å²) in [6, 6.07) is 5.31. The minimum absolute atomic E-state index is 0.0615. The Labute approximate surface area is 177 Å². The molecule has 0 N–H and O–H groups in total. The summed E-state index contributed by atoms with van der Waals surface area (Å²) in [5.74, 6) is -0.786. The van der Waals surface area contributed by atoms with Crippen LogP contribution in [0.5, 0.6) is 0 Å². The predicted molar refractivity (Wildman–Crippen MR) is 117 cm³/mol. The highest BCUT2D eigenvalue weighted by molar-refractivity contribution is 7.15. The lowest BCUT2D eigenvalue weighted by Gasteiger charge is -2.37. The van der Waals surface area contributed by atoms with Crippen molar-refractivity contribution in [2.75, 3.05) is 13.1 Å². The Kier molecular flexibility index (Phi) is 9.46. The van der Waals surface area contributed by atoms with Gasteiger partial charge in [-0.05, 0) is 42.9 Å². The molecular formula is C22H35F2N3OS. The van der Waals surface area contributed by atoms with Gasteiger partial charge in [-0.15, -0.1) is 11.3 Å². The van der Waals surface area contributed by atoms with Gasteiger partial charge >= 0.3 is 0 Å². The number of piperidine rings is 1. The Morgan fingerprint density at radius 1 is 1.17 bits per heavy atom. The normalized spacial score (nSPS) is 21.6. The number of nitrogens with zero attached hydrogens (tertiary/aromatic N) is 3. The lowest BCUT2D eigenvalue weighted by molar-refractivity contribution is -0.121. The Bertz CT molecular complexity index is 754. The van der Waals surface area contributed by atoms with Crippen LogP contribution in [0, 0.1) is 24.7 Å². The van der Waals surface area contributed by atoms with Gasteiger partial charge < -0.3 is 4.90 Å². The monoisotopic (exact) mass is 427 g/mol. The quantitative estimate of drug-likeness (QED) is 0.567. The van der Waals surface area contributed by atoms with Crippen molar-refractivity contribution >= 4 is 17.7 Å². The van der Waals surface area contributed by atoms with Gasteiger partial charge in [0.2, 0.25) is 6.41 Å². The predicted octanol–water partition coefficient (Wildman–Crippen LogP) is 5.96. The van der Waals surface area contributed by atoms with Gasteiger partial charge in [-0.1, -0.05) is 34.6 Å². The molecule has 4 nitrogen and oxygen atoms in total. The number of rotatable bonds is 3. The number of thiophene rings is 1. The highest BCUT2D eigenvalue weighted by Gasteiger charge is 2.29. The van der Waals surface area contributed by atoms with Gasteiger partial charge in [-0.25, -0.2) is 0 Å². The first kappa shape index (κ1) is 25.3. The number of aromatic nitrogens is 2. The van der Waals surface area contributed by atoms with Crippen molar-refractivity contribution in [1.29, 1.82) is 0 Å². The van der Waals surface area contributed by atoms with Gasteiger partial charge in [0.15, 0.2) is 0 Å². The number of carbonyl (C=O) groups is 1. The van der Waals surface area contributed by atoms with Gasteiger partial charge in [0.1, 0.15) is 11.4 Å². The van der Waals surface area contributed by atoms with Crippen LogP contribution in [0.15, 0.2) is 18.2 Å². The zero-order valence-electron chi connectivity index (χ0n) is 18.9. The summed E-state index contributed by atoms with van der Waals surface area (Å²) < 4.78 is 27.6. The average molecular weight is 428 g/mol. The summed E-state index contributed by atoms with van der Waals surface area (Å²) in [7, 11) is 1.54. The van der Waals surface area contributed by atoms with Crippen LogP contribution in [0.3, 0.4) is 0 Å². The molecule has 1 aliphatic heterocycles. The van der Waals surface area contributed by atoms with Crippen molar-refractivity contribution in [1.82, 2.24) is 14.7 Å².